The largest absolute Gasteiger partial charge is 1.00 e. The van der Waals surface area contributed by atoms with E-state index in [-0.39, 0.29) is 30.4 Å². The molecule has 0 N–H and O–H groups in total. The van der Waals surface area contributed by atoms with E-state index in [9.17, 15) is 4.39 Å². The fourth-order valence-electron chi connectivity index (χ4n) is 1.22. The van der Waals surface area contributed by atoms with Crippen LogP contribution in [-0.2, 0) is 0 Å². The molecule has 0 atom stereocenters. The predicted molar refractivity (Wildman–Crippen MR) is 43.8 cm³/mol. The second kappa shape index (κ2) is 3.86. The molecule has 2 aromatic rings. The monoisotopic (exact) mass is 171 g/mol. The molecule has 0 unspecified atom stereocenters. The number of nitrogens with zero attached hydrogens (tertiary/aromatic N) is 1. The molecule has 2 nitrogen and oxygen atoms in total. The molecule has 0 bridgehead atoms. The van der Waals surface area contributed by atoms with E-state index in [1.165, 1.54) is 13.2 Å². The smallest absolute Gasteiger partial charge is 0.661 e. The summed E-state index contributed by atoms with van der Waals surface area (Å²) in [6.45, 7) is 0. The first-order valence-corrected chi connectivity index (χ1v) is 3.57. The fraction of sp³-hybridized carbons (Fsp3) is 0.111. The van der Waals surface area contributed by atoms with Gasteiger partial charge in [0.1, 0.15) is 5.75 Å². The second-order valence-electron chi connectivity index (χ2n) is 2.46. The Morgan fingerprint density at radius 1 is 1.31 bits per heavy atom. The van der Waals surface area contributed by atoms with Gasteiger partial charge in [-0.1, -0.05) is 17.6 Å². The van der Waals surface area contributed by atoms with Gasteiger partial charge in [0, 0.05) is 0 Å². The summed E-state index contributed by atoms with van der Waals surface area (Å²) < 4.78 is 17.9. The molecule has 1 aromatic heterocycles. The number of hydrogen-bond acceptors (Lipinski definition) is 1. The Morgan fingerprint density at radius 3 is 2.77 bits per heavy atom. The van der Waals surface area contributed by atoms with Crippen molar-refractivity contribution in [1.82, 2.24) is 4.98 Å². The average Bonchev–Trinajstić information content (AvgIpc) is 2.52. The van der Waals surface area contributed by atoms with Gasteiger partial charge in [-0.25, -0.2) is 4.39 Å². The molecular formula is C9H7FLiNO. The molecule has 0 aliphatic rings. The van der Waals surface area contributed by atoms with Crippen LogP contribution in [0.15, 0.2) is 24.4 Å². The van der Waals surface area contributed by atoms with Gasteiger partial charge >= 0.3 is 18.9 Å². The number of hydrogen-bond donors (Lipinski definition) is 0. The third kappa shape index (κ3) is 1.58. The molecule has 0 fully saturated rings. The standard InChI is InChI=1S/C9H7FNO.Li/c1-12-9-7(10)3-2-6-4-5-11-8(6)9;/h2-5H,1H3;/q-1;+1. The molecule has 1 heterocycles. The molecule has 0 radical (unpaired) electrons. The molecule has 13 heavy (non-hydrogen) atoms. The van der Waals surface area contributed by atoms with Crippen molar-refractivity contribution < 1.29 is 28.0 Å². The van der Waals surface area contributed by atoms with Crippen molar-refractivity contribution in [2.75, 3.05) is 7.11 Å². The average molecular weight is 171 g/mol. The van der Waals surface area contributed by atoms with E-state index in [1.807, 2.05) is 6.07 Å². The third-order valence-electron chi connectivity index (χ3n) is 1.78. The first-order chi connectivity index (χ1) is 5.83. The van der Waals surface area contributed by atoms with Crippen LogP contribution in [0.1, 0.15) is 0 Å². The second-order valence-corrected chi connectivity index (χ2v) is 2.46. The molecule has 0 spiro atoms. The van der Waals surface area contributed by atoms with E-state index in [2.05, 4.69) is 4.98 Å². The van der Waals surface area contributed by atoms with Gasteiger partial charge in [0.2, 0.25) is 0 Å². The van der Waals surface area contributed by atoms with Gasteiger partial charge in [0.25, 0.3) is 0 Å². The Kier molecular flexibility index (Phi) is 3.02. The number of methoxy groups -OCH3 is 1. The molecule has 2 rings (SSSR count). The summed E-state index contributed by atoms with van der Waals surface area (Å²) in [4.78, 5) is 3.99. The minimum atomic E-state index is -0.372. The zero-order valence-corrected chi connectivity index (χ0v) is 7.54. The molecular weight excluding hydrogens is 164 g/mol. The summed E-state index contributed by atoms with van der Waals surface area (Å²) in [5.41, 5.74) is 0.581. The van der Waals surface area contributed by atoms with Gasteiger partial charge in [-0.3, -0.25) is 0 Å². The summed E-state index contributed by atoms with van der Waals surface area (Å²) in [6, 6.07) is 4.88. The van der Waals surface area contributed by atoms with Crippen LogP contribution in [-0.4, -0.2) is 7.11 Å². The number of fused-ring (bicyclic) bond motifs is 1. The van der Waals surface area contributed by atoms with Gasteiger partial charge in [0.15, 0.2) is 5.82 Å². The molecule has 4 heteroatoms. The van der Waals surface area contributed by atoms with Crippen LogP contribution in [0.3, 0.4) is 0 Å². The number of rotatable bonds is 1. The Labute approximate surface area is 87.3 Å². The SMILES string of the molecule is COc1c(F)ccc2cc[n-]c12.[Li+]. The van der Waals surface area contributed by atoms with Gasteiger partial charge in [-0.05, 0) is 11.5 Å². The van der Waals surface area contributed by atoms with E-state index in [4.69, 9.17) is 4.74 Å². The van der Waals surface area contributed by atoms with Crippen LogP contribution in [0.4, 0.5) is 4.39 Å². The number of benzene rings is 1. The quantitative estimate of drug-likeness (QED) is 0.511. The van der Waals surface area contributed by atoms with Gasteiger partial charge in [-0.15, -0.1) is 0 Å². The van der Waals surface area contributed by atoms with E-state index >= 15 is 0 Å². The van der Waals surface area contributed by atoms with Crippen LogP contribution in [0.2, 0.25) is 0 Å². The predicted octanol–water partition coefficient (Wildman–Crippen LogP) is -1.05. The van der Waals surface area contributed by atoms with Crippen LogP contribution >= 0.6 is 0 Å². The molecule has 62 valence electrons. The maximum Gasteiger partial charge on any atom is 1.00 e. The number of halogens is 1. The Morgan fingerprint density at radius 2 is 2.08 bits per heavy atom. The number of aromatic nitrogens is 1. The van der Waals surface area contributed by atoms with Crippen molar-refractivity contribution in [3.05, 3.63) is 30.2 Å². The zero-order chi connectivity index (χ0) is 8.55. The van der Waals surface area contributed by atoms with Crippen molar-refractivity contribution in [2.24, 2.45) is 0 Å². The van der Waals surface area contributed by atoms with E-state index in [0.29, 0.717) is 5.52 Å². The summed E-state index contributed by atoms with van der Waals surface area (Å²) in [6.07, 6.45) is 1.63. The maximum atomic E-state index is 13.0. The van der Waals surface area contributed by atoms with Crippen molar-refractivity contribution >= 4 is 10.9 Å². The van der Waals surface area contributed by atoms with Crippen molar-refractivity contribution in [2.45, 2.75) is 0 Å². The van der Waals surface area contributed by atoms with Gasteiger partial charge < -0.3 is 9.72 Å². The van der Waals surface area contributed by atoms with Crippen LogP contribution in [0, 0.1) is 5.82 Å². The van der Waals surface area contributed by atoms with Crippen LogP contribution in [0.5, 0.6) is 5.75 Å². The summed E-state index contributed by atoms with van der Waals surface area (Å²) >= 11 is 0. The molecule has 0 aliphatic carbocycles. The Hall–Kier alpha value is -0.913. The van der Waals surface area contributed by atoms with Crippen molar-refractivity contribution in [1.29, 1.82) is 0 Å². The van der Waals surface area contributed by atoms with Crippen LogP contribution < -0.4 is 28.6 Å². The fourth-order valence-corrected chi connectivity index (χ4v) is 1.22. The normalized spacial score (nSPS) is 9.69. The first kappa shape index (κ1) is 10.2. The maximum absolute atomic E-state index is 13.0. The van der Waals surface area contributed by atoms with Gasteiger partial charge in [0.05, 0.1) is 7.11 Å². The summed E-state index contributed by atoms with van der Waals surface area (Å²) in [7, 11) is 1.44. The van der Waals surface area contributed by atoms with Crippen molar-refractivity contribution in [3.8, 4) is 5.75 Å². The zero-order valence-electron chi connectivity index (χ0n) is 7.54. The van der Waals surface area contributed by atoms with Crippen molar-refractivity contribution in [3.63, 3.8) is 0 Å². The molecule has 0 amide bonds. The molecule has 1 aromatic carbocycles. The Balaban J connectivity index is 0.000000845. The minimum absolute atomic E-state index is 0. The van der Waals surface area contributed by atoms with Crippen LogP contribution in [0.25, 0.3) is 10.9 Å². The van der Waals surface area contributed by atoms with E-state index < -0.39 is 0 Å². The van der Waals surface area contributed by atoms with E-state index in [1.54, 1.807) is 12.3 Å². The first-order valence-electron chi connectivity index (χ1n) is 3.57. The molecule has 0 saturated heterocycles. The molecule has 0 aliphatic heterocycles. The number of ether oxygens (including phenoxy) is 1. The van der Waals surface area contributed by atoms with E-state index in [0.717, 1.165) is 5.39 Å². The summed E-state index contributed by atoms with van der Waals surface area (Å²) in [5.74, 6) is -0.152. The summed E-state index contributed by atoms with van der Waals surface area (Å²) in [5, 5.41) is 0.897. The third-order valence-corrected chi connectivity index (χ3v) is 1.78. The van der Waals surface area contributed by atoms with Gasteiger partial charge in [-0.2, -0.15) is 6.20 Å². The molecule has 0 saturated carbocycles. The topological polar surface area (TPSA) is 23.3 Å². The Bertz CT molecular complexity index is 413. The minimum Gasteiger partial charge on any atom is -0.661 e.